The van der Waals surface area contributed by atoms with Gasteiger partial charge in [-0.05, 0) is 19.1 Å². The number of halogens is 1. The maximum absolute atomic E-state index is 11.5. The highest BCUT2D eigenvalue weighted by Crippen LogP contribution is 2.20. The van der Waals surface area contributed by atoms with E-state index in [0.717, 1.165) is 0 Å². The van der Waals surface area contributed by atoms with E-state index in [1.165, 1.54) is 12.2 Å². The second-order valence-electron chi connectivity index (χ2n) is 3.52. The molecule has 0 aromatic heterocycles. The van der Waals surface area contributed by atoms with Crippen LogP contribution >= 0.6 is 11.6 Å². The van der Waals surface area contributed by atoms with Crippen molar-refractivity contribution in [2.45, 2.75) is 6.92 Å². The second kappa shape index (κ2) is 8.11. The van der Waals surface area contributed by atoms with E-state index in [-0.39, 0.29) is 6.61 Å². The van der Waals surface area contributed by atoms with Crippen molar-refractivity contribution in [3.05, 3.63) is 53.6 Å². The predicted molar refractivity (Wildman–Crippen MR) is 75.0 cm³/mol. The zero-order valence-corrected chi connectivity index (χ0v) is 11.2. The lowest BCUT2D eigenvalue weighted by molar-refractivity contribution is -0.142. The molecule has 0 fully saturated rings. The zero-order chi connectivity index (χ0) is 14.1. The van der Waals surface area contributed by atoms with Gasteiger partial charge in [0, 0.05) is 6.08 Å². The Kier molecular flexibility index (Phi) is 6.39. The summed E-state index contributed by atoms with van der Waals surface area (Å²) in [6.45, 7) is 1.47. The minimum atomic E-state index is -0.576. The van der Waals surface area contributed by atoms with E-state index in [2.05, 4.69) is 5.32 Å². The largest absolute Gasteiger partial charge is 0.452 e. The lowest BCUT2D eigenvalue weighted by atomic mass is 10.3. The fourth-order valence-electron chi connectivity index (χ4n) is 1.18. The van der Waals surface area contributed by atoms with Gasteiger partial charge in [-0.25, -0.2) is 4.79 Å². The Balaban J connectivity index is 2.40. The lowest BCUT2D eigenvalue weighted by Gasteiger charge is -2.06. The van der Waals surface area contributed by atoms with Gasteiger partial charge in [0.05, 0.1) is 10.7 Å². The van der Waals surface area contributed by atoms with Crippen molar-refractivity contribution in [2.75, 3.05) is 11.9 Å². The maximum Gasteiger partial charge on any atom is 0.331 e. The third-order valence-corrected chi connectivity index (χ3v) is 2.36. The summed E-state index contributed by atoms with van der Waals surface area (Å²) in [5.41, 5.74) is 0.481. The fraction of sp³-hybridized carbons (Fsp3) is 0.143. The first-order valence-electron chi connectivity index (χ1n) is 5.64. The van der Waals surface area contributed by atoms with Crippen LogP contribution in [0, 0.1) is 0 Å². The third-order valence-electron chi connectivity index (χ3n) is 2.03. The number of carbonyl (C=O) groups is 2. The normalized spacial score (nSPS) is 10.8. The number of benzene rings is 1. The molecule has 1 N–H and O–H groups in total. The summed E-state index contributed by atoms with van der Waals surface area (Å²) in [6.07, 6.45) is 6.23. The van der Waals surface area contributed by atoms with Crippen molar-refractivity contribution in [3.8, 4) is 0 Å². The number of hydrogen-bond acceptors (Lipinski definition) is 3. The quantitative estimate of drug-likeness (QED) is 0.512. The average molecular weight is 280 g/mol. The molecule has 0 unspecified atom stereocenters. The van der Waals surface area contributed by atoms with Crippen LogP contribution in [0.5, 0.6) is 0 Å². The molecule has 1 rings (SSSR count). The van der Waals surface area contributed by atoms with Crippen LogP contribution in [0.15, 0.2) is 48.6 Å². The zero-order valence-electron chi connectivity index (χ0n) is 10.4. The molecule has 0 bridgehead atoms. The summed E-state index contributed by atoms with van der Waals surface area (Å²) >= 11 is 5.87. The number of para-hydroxylation sites is 1. The first kappa shape index (κ1) is 15.0. The fourth-order valence-corrected chi connectivity index (χ4v) is 1.36. The molecule has 1 aromatic carbocycles. The standard InChI is InChI=1S/C14H14ClNO3/c1-2-3-4-9-14(18)19-10-13(17)16-12-8-6-5-7-11(12)15/h2-9H,10H2,1H3,(H,16,17)/b3-2+,9-4+. The SMILES string of the molecule is C/C=C/C=C/C(=O)OCC(=O)Nc1ccccc1Cl. The van der Waals surface area contributed by atoms with Crippen molar-refractivity contribution < 1.29 is 14.3 Å². The van der Waals surface area contributed by atoms with E-state index in [4.69, 9.17) is 16.3 Å². The number of amides is 1. The smallest absolute Gasteiger partial charge is 0.331 e. The highest BCUT2D eigenvalue weighted by Gasteiger charge is 2.07. The van der Waals surface area contributed by atoms with Gasteiger partial charge in [-0.15, -0.1) is 0 Å². The maximum atomic E-state index is 11.5. The van der Waals surface area contributed by atoms with Gasteiger partial charge in [0.1, 0.15) is 0 Å². The van der Waals surface area contributed by atoms with Crippen LogP contribution in [0.2, 0.25) is 5.02 Å². The number of ether oxygens (including phenoxy) is 1. The Morgan fingerprint density at radius 3 is 2.74 bits per heavy atom. The van der Waals surface area contributed by atoms with E-state index < -0.39 is 11.9 Å². The van der Waals surface area contributed by atoms with Gasteiger partial charge in [0.25, 0.3) is 5.91 Å². The van der Waals surface area contributed by atoms with Crippen molar-refractivity contribution >= 4 is 29.2 Å². The molecule has 0 aliphatic carbocycles. The molecule has 0 radical (unpaired) electrons. The molecule has 1 aromatic rings. The molecule has 5 heteroatoms. The minimum Gasteiger partial charge on any atom is -0.452 e. The van der Waals surface area contributed by atoms with Gasteiger partial charge in [-0.1, -0.05) is 42.0 Å². The Morgan fingerprint density at radius 2 is 2.05 bits per heavy atom. The third kappa shape index (κ3) is 5.88. The monoisotopic (exact) mass is 279 g/mol. The van der Waals surface area contributed by atoms with Crippen LogP contribution in [0.3, 0.4) is 0 Å². The summed E-state index contributed by atoms with van der Waals surface area (Å²) in [6, 6.07) is 6.81. The molecule has 4 nitrogen and oxygen atoms in total. The molecule has 0 saturated heterocycles. The number of hydrogen-bond donors (Lipinski definition) is 1. The number of rotatable bonds is 5. The molecule has 0 aliphatic rings. The van der Waals surface area contributed by atoms with Crippen LogP contribution in [-0.4, -0.2) is 18.5 Å². The van der Waals surface area contributed by atoms with Gasteiger partial charge in [-0.2, -0.15) is 0 Å². The van der Waals surface area contributed by atoms with Crippen molar-refractivity contribution in [1.82, 2.24) is 0 Å². The Hall–Kier alpha value is -2.07. The molecule has 100 valence electrons. The Bertz CT molecular complexity index is 509. The summed E-state index contributed by atoms with van der Waals surface area (Å²) in [5, 5.41) is 2.97. The first-order chi connectivity index (χ1) is 9.13. The molecule has 0 spiro atoms. The average Bonchev–Trinajstić information content (AvgIpc) is 2.39. The molecule has 0 atom stereocenters. The number of allylic oxidation sites excluding steroid dienone is 3. The van der Waals surface area contributed by atoms with E-state index in [9.17, 15) is 9.59 Å². The van der Waals surface area contributed by atoms with Crippen molar-refractivity contribution in [2.24, 2.45) is 0 Å². The second-order valence-corrected chi connectivity index (χ2v) is 3.93. The van der Waals surface area contributed by atoms with Crippen LogP contribution in [0.25, 0.3) is 0 Å². The molecule has 0 heterocycles. The van der Waals surface area contributed by atoms with E-state index in [1.807, 2.05) is 6.92 Å². The van der Waals surface area contributed by atoms with Crippen LogP contribution in [0.4, 0.5) is 5.69 Å². The molecular weight excluding hydrogens is 266 g/mol. The van der Waals surface area contributed by atoms with Gasteiger partial charge in [0.2, 0.25) is 0 Å². The van der Waals surface area contributed by atoms with E-state index in [0.29, 0.717) is 10.7 Å². The topological polar surface area (TPSA) is 55.4 Å². The summed E-state index contributed by atoms with van der Waals surface area (Å²) in [4.78, 5) is 22.7. The number of esters is 1. The number of carbonyl (C=O) groups excluding carboxylic acids is 2. The van der Waals surface area contributed by atoms with Crippen LogP contribution < -0.4 is 5.32 Å². The number of nitrogens with one attached hydrogen (secondary N) is 1. The highest BCUT2D eigenvalue weighted by molar-refractivity contribution is 6.33. The minimum absolute atomic E-state index is 0.357. The van der Waals surface area contributed by atoms with E-state index in [1.54, 1.807) is 36.4 Å². The van der Waals surface area contributed by atoms with Gasteiger partial charge < -0.3 is 10.1 Å². The molecule has 1 amide bonds. The summed E-state index contributed by atoms with van der Waals surface area (Å²) < 4.78 is 4.75. The Morgan fingerprint density at radius 1 is 1.32 bits per heavy atom. The van der Waals surface area contributed by atoms with Gasteiger partial charge in [-0.3, -0.25) is 4.79 Å². The summed E-state index contributed by atoms with van der Waals surface area (Å²) in [7, 11) is 0. The Labute approximate surface area is 116 Å². The highest BCUT2D eigenvalue weighted by atomic mass is 35.5. The molecular formula is C14H14ClNO3. The van der Waals surface area contributed by atoms with E-state index >= 15 is 0 Å². The number of anilines is 1. The van der Waals surface area contributed by atoms with Crippen molar-refractivity contribution in [3.63, 3.8) is 0 Å². The predicted octanol–water partition coefficient (Wildman–Crippen LogP) is 2.95. The van der Waals surface area contributed by atoms with Crippen LogP contribution in [0.1, 0.15) is 6.92 Å². The lowest BCUT2D eigenvalue weighted by Crippen LogP contribution is -2.20. The van der Waals surface area contributed by atoms with Gasteiger partial charge in [0.15, 0.2) is 6.61 Å². The molecule has 19 heavy (non-hydrogen) atoms. The molecule has 0 aliphatic heterocycles. The van der Waals surface area contributed by atoms with Crippen LogP contribution in [-0.2, 0) is 14.3 Å². The first-order valence-corrected chi connectivity index (χ1v) is 6.01. The van der Waals surface area contributed by atoms with Crippen molar-refractivity contribution in [1.29, 1.82) is 0 Å². The summed E-state index contributed by atoms with van der Waals surface area (Å²) in [5.74, 6) is -1.02. The molecule has 0 saturated carbocycles. The van der Waals surface area contributed by atoms with Gasteiger partial charge >= 0.3 is 5.97 Å².